The van der Waals surface area contributed by atoms with Crippen LogP contribution in [-0.2, 0) is 9.53 Å². The fraction of sp³-hybridized carbons (Fsp3) is 0.571. The first kappa shape index (κ1) is 12.0. The zero-order chi connectivity index (χ0) is 10.5. The van der Waals surface area contributed by atoms with E-state index in [1.54, 1.807) is 0 Å². The molecule has 1 unspecified atom stereocenters. The van der Waals surface area contributed by atoms with Gasteiger partial charge < -0.3 is 25.2 Å². The predicted octanol–water partition coefficient (Wildman–Crippen LogP) is -1.56. The van der Waals surface area contributed by atoms with Crippen LogP contribution in [0.3, 0.4) is 0 Å². The number of esters is 1. The summed E-state index contributed by atoms with van der Waals surface area (Å²) in [5, 5.41) is 34.1. The lowest BCUT2D eigenvalue weighted by molar-refractivity contribution is -0.319. The number of carbonyl (C=O) groups is 1. The minimum atomic E-state index is -2.86. The van der Waals surface area contributed by atoms with Crippen molar-refractivity contribution in [1.82, 2.24) is 0 Å². The lowest BCUT2D eigenvalue weighted by Crippen LogP contribution is -2.29. The van der Waals surface area contributed by atoms with E-state index in [0.717, 1.165) is 6.08 Å². The van der Waals surface area contributed by atoms with Crippen molar-refractivity contribution >= 4 is 5.97 Å². The Bertz CT molecular complexity index is 182. The number of aliphatic hydroxyl groups excluding tert-OH is 1. The second kappa shape index (κ2) is 4.93. The molecular formula is C7H12O6. The molecule has 76 valence electrons. The fourth-order valence-corrected chi connectivity index (χ4v) is 0.558. The van der Waals surface area contributed by atoms with Gasteiger partial charge in [-0.2, -0.15) is 0 Å². The average molecular weight is 192 g/mol. The number of ether oxygens (including phenoxy) is 1. The highest BCUT2D eigenvalue weighted by atomic mass is 16.7. The molecule has 0 bridgehead atoms. The third-order valence-corrected chi connectivity index (χ3v) is 1.15. The molecule has 0 rings (SSSR count). The molecule has 0 spiro atoms. The first-order valence-electron chi connectivity index (χ1n) is 3.53. The Morgan fingerprint density at radius 1 is 1.54 bits per heavy atom. The molecule has 0 saturated carbocycles. The van der Waals surface area contributed by atoms with Gasteiger partial charge in [-0.05, 0) is 0 Å². The molecule has 1 atom stereocenters. The van der Waals surface area contributed by atoms with Gasteiger partial charge in [-0.25, -0.2) is 4.79 Å². The van der Waals surface area contributed by atoms with Crippen LogP contribution in [0, 0.1) is 0 Å². The van der Waals surface area contributed by atoms with E-state index in [-0.39, 0.29) is 6.42 Å². The van der Waals surface area contributed by atoms with E-state index in [1.807, 2.05) is 0 Å². The van der Waals surface area contributed by atoms with E-state index in [2.05, 4.69) is 11.3 Å². The minimum absolute atomic E-state index is 0.289. The Morgan fingerprint density at radius 2 is 2.08 bits per heavy atom. The summed E-state index contributed by atoms with van der Waals surface area (Å²) in [6, 6.07) is 0. The molecule has 0 aliphatic rings. The van der Waals surface area contributed by atoms with Crippen molar-refractivity contribution < 1.29 is 30.0 Å². The predicted molar refractivity (Wildman–Crippen MR) is 40.9 cm³/mol. The van der Waals surface area contributed by atoms with Crippen molar-refractivity contribution in [2.24, 2.45) is 0 Å². The summed E-state index contributed by atoms with van der Waals surface area (Å²) in [6.45, 7) is 3.09. The smallest absolute Gasteiger partial charge is 0.332 e. The quantitative estimate of drug-likeness (QED) is 0.238. The monoisotopic (exact) mass is 192 g/mol. The van der Waals surface area contributed by atoms with Gasteiger partial charge >= 0.3 is 5.97 Å². The second-order valence-electron chi connectivity index (χ2n) is 2.41. The summed E-state index contributed by atoms with van der Waals surface area (Å²) in [6.07, 6.45) is -1.45. The fourth-order valence-electron chi connectivity index (χ4n) is 0.558. The maximum absolute atomic E-state index is 10.5. The van der Waals surface area contributed by atoms with Gasteiger partial charge in [-0.15, -0.1) is 0 Å². The van der Waals surface area contributed by atoms with Crippen molar-refractivity contribution in [3.05, 3.63) is 12.7 Å². The molecule has 0 radical (unpaired) electrons. The number of aliphatic hydroxyl groups is 4. The third-order valence-electron chi connectivity index (χ3n) is 1.15. The van der Waals surface area contributed by atoms with E-state index in [9.17, 15) is 4.79 Å². The molecular weight excluding hydrogens is 180 g/mol. The van der Waals surface area contributed by atoms with Crippen LogP contribution in [-0.4, -0.2) is 38.7 Å². The Morgan fingerprint density at radius 3 is 2.46 bits per heavy atom. The highest BCUT2D eigenvalue weighted by Gasteiger charge is 2.20. The van der Waals surface area contributed by atoms with Crippen molar-refractivity contribution in [1.29, 1.82) is 0 Å². The molecule has 0 amide bonds. The number of hydrogen-bond acceptors (Lipinski definition) is 6. The SMILES string of the molecule is C=CC(=O)OC(O)CCC(O)(O)O. The summed E-state index contributed by atoms with van der Waals surface area (Å²) in [4.78, 5) is 10.5. The largest absolute Gasteiger partial charge is 0.433 e. The maximum Gasteiger partial charge on any atom is 0.332 e. The van der Waals surface area contributed by atoms with Gasteiger partial charge in [0.25, 0.3) is 5.97 Å². The summed E-state index contributed by atoms with van der Waals surface area (Å²) in [7, 11) is 0. The average Bonchev–Trinajstić information content (AvgIpc) is 1.99. The molecule has 13 heavy (non-hydrogen) atoms. The summed E-state index contributed by atoms with van der Waals surface area (Å²) < 4.78 is 4.26. The molecule has 0 heterocycles. The van der Waals surface area contributed by atoms with Crippen LogP contribution < -0.4 is 0 Å². The van der Waals surface area contributed by atoms with Crippen LogP contribution in [0.2, 0.25) is 0 Å². The Balaban J connectivity index is 3.69. The molecule has 0 saturated heterocycles. The number of carbonyl (C=O) groups excluding carboxylic acids is 1. The standard InChI is InChI=1S/C7H12O6/c1-2-5(8)13-6(9)3-4-7(10,11)12/h2,6,9-12H,1,3-4H2. The van der Waals surface area contributed by atoms with Crippen LogP contribution in [0.5, 0.6) is 0 Å². The van der Waals surface area contributed by atoms with Gasteiger partial charge in [0.2, 0.25) is 6.29 Å². The zero-order valence-electron chi connectivity index (χ0n) is 6.88. The molecule has 6 heteroatoms. The summed E-state index contributed by atoms with van der Waals surface area (Å²) >= 11 is 0. The number of rotatable bonds is 5. The van der Waals surface area contributed by atoms with Crippen LogP contribution in [0.1, 0.15) is 12.8 Å². The van der Waals surface area contributed by atoms with Crippen LogP contribution in [0.15, 0.2) is 12.7 Å². The molecule has 0 aromatic heterocycles. The van der Waals surface area contributed by atoms with Crippen molar-refractivity contribution in [3.8, 4) is 0 Å². The Hall–Kier alpha value is -0.950. The first-order valence-corrected chi connectivity index (χ1v) is 3.53. The Labute approximate surface area is 74.7 Å². The molecule has 0 fully saturated rings. The molecule has 4 N–H and O–H groups in total. The first-order chi connectivity index (χ1) is 5.85. The van der Waals surface area contributed by atoms with Crippen molar-refractivity contribution in [3.63, 3.8) is 0 Å². The summed E-state index contributed by atoms with van der Waals surface area (Å²) in [5.74, 6) is -3.69. The van der Waals surface area contributed by atoms with E-state index in [0.29, 0.717) is 0 Å². The van der Waals surface area contributed by atoms with Crippen LogP contribution in [0.25, 0.3) is 0 Å². The second-order valence-corrected chi connectivity index (χ2v) is 2.41. The van der Waals surface area contributed by atoms with Gasteiger partial charge in [-0.3, -0.25) is 0 Å². The van der Waals surface area contributed by atoms with Crippen molar-refractivity contribution in [2.45, 2.75) is 25.1 Å². The molecule has 0 aromatic rings. The van der Waals surface area contributed by atoms with Crippen LogP contribution >= 0.6 is 0 Å². The van der Waals surface area contributed by atoms with E-state index >= 15 is 0 Å². The van der Waals surface area contributed by atoms with Gasteiger partial charge in [0.1, 0.15) is 0 Å². The molecule has 0 aliphatic carbocycles. The topological polar surface area (TPSA) is 107 Å². The normalized spacial score (nSPS) is 13.5. The zero-order valence-corrected chi connectivity index (χ0v) is 6.88. The lowest BCUT2D eigenvalue weighted by Gasteiger charge is -2.16. The lowest BCUT2D eigenvalue weighted by atomic mass is 10.2. The molecule has 0 aliphatic heterocycles. The maximum atomic E-state index is 10.5. The highest BCUT2D eigenvalue weighted by molar-refractivity contribution is 5.81. The third kappa shape index (κ3) is 7.41. The van der Waals surface area contributed by atoms with E-state index in [1.165, 1.54) is 0 Å². The van der Waals surface area contributed by atoms with E-state index in [4.69, 9.17) is 20.4 Å². The van der Waals surface area contributed by atoms with Gasteiger partial charge in [0, 0.05) is 18.9 Å². The highest BCUT2D eigenvalue weighted by Crippen LogP contribution is 2.08. The Kier molecular flexibility index (Phi) is 4.57. The van der Waals surface area contributed by atoms with Gasteiger partial charge in [0.05, 0.1) is 0 Å². The molecule has 0 aromatic carbocycles. The van der Waals surface area contributed by atoms with Gasteiger partial charge in [0.15, 0.2) is 0 Å². The minimum Gasteiger partial charge on any atom is -0.433 e. The summed E-state index contributed by atoms with van der Waals surface area (Å²) in [5.41, 5.74) is 0. The number of hydrogen-bond donors (Lipinski definition) is 4. The molecule has 6 nitrogen and oxygen atoms in total. The van der Waals surface area contributed by atoms with Crippen molar-refractivity contribution in [2.75, 3.05) is 0 Å². The van der Waals surface area contributed by atoms with Crippen LogP contribution in [0.4, 0.5) is 0 Å². The van der Waals surface area contributed by atoms with Gasteiger partial charge in [-0.1, -0.05) is 6.58 Å². The van der Waals surface area contributed by atoms with E-state index < -0.39 is 24.7 Å².